The molecule has 3 heteroatoms. The van der Waals surface area contributed by atoms with Gasteiger partial charge in [-0.2, -0.15) is 0 Å². The number of benzene rings is 1. The molecule has 1 heterocycles. The van der Waals surface area contributed by atoms with E-state index in [0.29, 0.717) is 0 Å². The van der Waals surface area contributed by atoms with Gasteiger partial charge >= 0.3 is 0 Å². The van der Waals surface area contributed by atoms with E-state index >= 15 is 0 Å². The van der Waals surface area contributed by atoms with Gasteiger partial charge < -0.3 is 5.73 Å². The highest BCUT2D eigenvalue weighted by Gasteiger charge is 2.20. The molecular formula is C14H21BrN2. The van der Waals surface area contributed by atoms with Gasteiger partial charge in [-0.1, -0.05) is 29.8 Å². The summed E-state index contributed by atoms with van der Waals surface area (Å²) in [6.07, 6.45) is 2.38. The van der Waals surface area contributed by atoms with Gasteiger partial charge in [0.05, 0.1) is 0 Å². The maximum Gasteiger partial charge on any atom is 0.0363 e. The Morgan fingerprint density at radius 3 is 2.82 bits per heavy atom. The molecule has 0 unspecified atom stereocenters. The van der Waals surface area contributed by atoms with E-state index in [1.165, 1.54) is 28.6 Å². The fourth-order valence-electron chi connectivity index (χ4n) is 2.34. The van der Waals surface area contributed by atoms with E-state index in [1.54, 1.807) is 0 Å². The molecule has 0 radical (unpaired) electrons. The van der Waals surface area contributed by atoms with Crippen molar-refractivity contribution in [3.63, 3.8) is 0 Å². The van der Waals surface area contributed by atoms with Gasteiger partial charge in [-0.15, -0.1) is 0 Å². The molecule has 2 N–H and O–H groups in total. The van der Waals surface area contributed by atoms with Crippen LogP contribution in [0.1, 0.15) is 31.4 Å². The summed E-state index contributed by atoms with van der Waals surface area (Å²) in [6, 6.07) is 4.08. The monoisotopic (exact) mass is 296 g/mol. The molecule has 0 aromatic heterocycles. The number of halogens is 1. The van der Waals surface area contributed by atoms with Crippen LogP contribution in [0.15, 0.2) is 16.6 Å². The van der Waals surface area contributed by atoms with Gasteiger partial charge in [0.15, 0.2) is 0 Å². The smallest absolute Gasteiger partial charge is 0.0363 e. The van der Waals surface area contributed by atoms with Gasteiger partial charge in [-0.05, 0) is 48.6 Å². The first-order valence-electron chi connectivity index (χ1n) is 6.36. The molecule has 2 rings (SSSR count). The minimum atomic E-state index is 0.774. The van der Waals surface area contributed by atoms with Crippen molar-refractivity contribution in [1.29, 1.82) is 0 Å². The Morgan fingerprint density at radius 2 is 2.12 bits per heavy atom. The van der Waals surface area contributed by atoms with Crippen LogP contribution in [0.25, 0.3) is 0 Å². The molecule has 0 bridgehead atoms. The predicted molar refractivity (Wildman–Crippen MR) is 77.0 cm³/mol. The van der Waals surface area contributed by atoms with Crippen LogP contribution in [-0.2, 0) is 13.0 Å². The summed E-state index contributed by atoms with van der Waals surface area (Å²) in [5, 5.41) is 0. The summed E-state index contributed by atoms with van der Waals surface area (Å²) in [5.74, 6) is 0.774. The quantitative estimate of drug-likeness (QED) is 0.866. The van der Waals surface area contributed by atoms with Crippen molar-refractivity contribution in [2.75, 3.05) is 18.8 Å². The predicted octanol–water partition coefficient (Wildman–Crippen LogP) is 3.44. The van der Waals surface area contributed by atoms with Gasteiger partial charge in [0.2, 0.25) is 0 Å². The number of anilines is 1. The van der Waals surface area contributed by atoms with Gasteiger partial charge in [0.1, 0.15) is 0 Å². The van der Waals surface area contributed by atoms with E-state index in [-0.39, 0.29) is 0 Å². The average molecular weight is 297 g/mol. The Hall–Kier alpha value is -0.540. The Labute approximate surface area is 112 Å². The summed E-state index contributed by atoms with van der Waals surface area (Å²) in [5.41, 5.74) is 9.76. The number of fused-ring (bicyclic) bond motifs is 1. The molecular weight excluding hydrogens is 276 g/mol. The first-order chi connectivity index (χ1) is 8.08. The maximum absolute atomic E-state index is 6.08. The van der Waals surface area contributed by atoms with Gasteiger partial charge in [-0.3, -0.25) is 4.90 Å². The van der Waals surface area contributed by atoms with Crippen LogP contribution < -0.4 is 5.73 Å². The second-order valence-electron chi connectivity index (χ2n) is 5.30. The summed E-state index contributed by atoms with van der Waals surface area (Å²) in [4.78, 5) is 2.52. The zero-order chi connectivity index (χ0) is 12.4. The van der Waals surface area contributed by atoms with Crippen molar-refractivity contribution < 1.29 is 0 Å². The Balaban J connectivity index is 2.10. The van der Waals surface area contributed by atoms with E-state index in [9.17, 15) is 0 Å². The third-order valence-corrected chi connectivity index (χ3v) is 4.24. The third kappa shape index (κ3) is 3.02. The van der Waals surface area contributed by atoms with E-state index < -0.39 is 0 Å². The van der Waals surface area contributed by atoms with Crippen LogP contribution in [0, 0.1) is 5.92 Å². The second-order valence-corrected chi connectivity index (χ2v) is 6.16. The lowest BCUT2D eigenvalue weighted by Crippen LogP contribution is -2.32. The second kappa shape index (κ2) is 5.40. The SMILES string of the molecule is CC(C)CCN1CCc2c(Br)ccc(N)c2C1. The van der Waals surface area contributed by atoms with Crippen molar-refractivity contribution in [2.24, 2.45) is 5.92 Å². The highest BCUT2D eigenvalue weighted by atomic mass is 79.9. The Bertz CT molecular complexity index is 401. The molecule has 1 aromatic carbocycles. The lowest BCUT2D eigenvalue weighted by Gasteiger charge is -2.30. The van der Waals surface area contributed by atoms with E-state index in [0.717, 1.165) is 31.1 Å². The molecule has 1 aromatic rings. The minimum absolute atomic E-state index is 0.774. The molecule has 0 fully saturated rings. The first-order valence-corrected chi connectivity index (χ1v) is 7.15. The molecule has 0 atom stereocenters. The summed E-state index contributed by atoms with van der Waals surface area (Å²) < 4.78 is 1.21. The van der Waals surface area contributed by atoms with Crippen LogP contribution in [0.2, 0.25) is 0 Å². The van der Waals surface area contributed by atoms with Gasteiger partial charge in [0.25, 0.3) is 0 Å². The number of rotatable bonds is 3. The standard InChI is InChI=1S/C14H21BrN2/c1-10(2)5-7-17-8-6-11-12(9-17)14(16)4-3-13(11)15/h3-4,10H,5-9,16H2,1-2H3. The van der Waals surface area contributed by atoms with Crippen molar-refractivity contribution >= 4 is 21.6 Å². The molecule has 1 aliphatic rings. The Morgan fingerprint density at radius 1 is 1.35 bits per heavy atom. The summed E-state index contributed by atoms with van der Waals surface area (Å²) >= 11 is 3.62. The molecule has 17 heavy (non-hydrogen) atoms. The van der Waals surface area contributed by atoms with E-state index in [2.05, 4.69) is 40.7 Å². The molecule has 0 amide bonds. The highest BCUT2D eigenvalue weighted by molar-refractivity contribution is 9.10. The van der Waals surface area contributed by atoms with Crippen LogP contribution in [0.5, 0.6) is 0 Å². The van der Waals surface area contributed by atoms with E-state index in [1.807, 2.05) is 6.07 Å². The molecule has 0 aliphatic carbocycles. The number of nitrogens with two attached hydrogens (primary N) is 1. The fraction of sp³-hybridized carbons (Fsp3) is 0.571. The lowest BCUT2D eigenvalue weighted by atomic mass is 9.97. The average Bonchev–Trinajstić information content (AvgIpc) is 2.31. The largest absolute Gasteiger partial charge is 0.398 e. The molecule has 0 spiro atoms. The number of hydrogen-bond acceptors (Lipinski definition) is 2. The minimum Gasteiger partial charge on any atom is -0.398 e. The van der Waals surface area contributed by atoms with Crippen molar-refractivity contribution in [3.05, 3.63) is 27.7 Å². The molecule has 0 saturated carbocycles. The topological polar surface area (TPSA) is 29.3 Å². The normalized spacial score (nSPS) is 16.2. The first kappa shape index (κ1) is 12.9. The number of nitrogen functional groups attached to an aromatic ring is 1. The highest BCUT2D eigenvalue weighted by Crippen LogP contribution is 2.30. The van der Waals surface area contributed by atoms with Crippen LogP contribution in [-0.4, -0.2) is 18.0 Å². The van der Waals surface area contributed by atoms with Crippen LogP contribution in [0.4, 0.5) is 5.69 Å². The van der Waals surface area contributed by atoms with Crippen molar-refractivity contribution in [2.45, 2.75) is 33.2 Å². The van der Waals surface area contributed by atoms with Crippen LogP contribution in [0.3, 0.4) is 0 Å². The zero-order valence-electron chi connectivity index (χ0n) is 10.7. The third-order valence-electron chi connectivity index (χ3n) is 3.49. The fourth-order valence-corrected chi connectivity index (χ4v) is 2.91. The summed E-state index contributed by atoms with van der Waals surface area (Å²) in [7, 11) is 0. The molecule has 0 saturated heterocycles. The molecule has 94 valence electrons. The van der Waals surface area contributed by atoms with Gasteiger partial charge in [-0.25, -0.2) is 0 Å². The lowest BCUT2D eigenvalue weighted by molar-refractivity contribution is 0.240. The summed E-state index contributed by atoms with van der Waals surface area (Å²) in [6.45, 7) is 7.91. The van der Waals surface area contributed by atoms with Crippen LogP contribution >= 0.6 is 15.9 Å². The molecule has 1 aliphatic heterocycles. The van der Waals surface area contributed by atoms with E-state index in [4.69, 9.17) is 5.73 Å². The number of nitrogens with zero attached hydrogens (tertiary/aromatic N) is 1. The number of hydrogen-bond donors (Lipinski definition) is 1. The zero-order valence-corrected chi connectivity index (χ0v) is 12.3. The molecule has 2 nitrogen and oxygen atoms in total. The van der Waals surface area contributed by atoms with Gasteiger partial charge in [0, 0.05) is 23.2 Å². The Kier molecular flexibility index (Phi) is 4.10. The van der Waals surface area contributed by atoms with Crippen molar-refractivity contribution in [3.8, 4) is 0 Å². The maximum atomic E-state index is 6.08. The van der Waals surface area contributed by atoms with Crippen molar-refractivity contribution in [1.82, 2.24) is 4.90 Å².